The molecule has 0 bridgehead atoms. The van der Waals surface area contributed by atoms with E-state index in [1.807, 2.05) is 0 Å². The number of carbonyl (C=O) groups is 4. The van der Waals surface area contributed by atoms with Crippen LogP contribution in [-0.4, -0.2) is 66.5 Å². The lowest BCUT2D eigenvalue weighted by atomic mass is 10.0. The van der Waals surface area contributed by atoms with Crippen LogP contribution in [0.15, 0.2) is 54.7 Å². The number of amides is 2. The van der Waals surface area contributed by atoms with E-state index in [1.165, 1.54) is 18.2 Å². The van der Waals surface area contributed by atoms with Crippen molar-refractivity contribution in [2.75, 3.05) is 18.0 Å². The molecule has 0 spiro atoms. The zero-order chi connectivity index (χ0) is 30.2. The summed E-state index contributed by atoms with van der Waals surface area (Å²) in [7, 11) is 0. The molecule has 2 amide bonds. The highest BCUT2D eigenvalue weighted by atomic mass is 16.4. The number of carbonyl (C=O) groups excluding carboxylic acids is 2. The van der Waals surface area contributed by atoms with Crippen molar-refractivity contribution in [2.45, 2.75) is 31.7 Å². The van der Waals surface area contributed by atoms with E-state index in [4.69, 9.17) is 11.5 Å². The SMILES string of the molecule is Nc1nc(N)c2nc(CCc3ccc(C(=O)N[C@@H](CCCNC(=O)c4ccccc4C(=O)O)C(=O)O)cc3)cnc2n1. The average Bonchev–Trinajstić information content (AvgIpc) is 2.97. The zero-order valence-corrected chi connectivity index (χ0v) is 22.3. The molecular formula is C28H28N8O6. The monoisotopic (exact) mass is 572 g/mol. The number of aryl methyl sites for hydroxylation is 2. The second-order valence-corrected chi connectivity index (χ2v) is 9.31. The van der Waals surface area contributed by atoms with Gasteiger partial charge in [-0.05, 0) is 55.5 Å². The van der Waals surface area contributed by atoms with E-state index in [1.54, 1.807) is 36.5 Å². The van der Waals surface area contributed by atoms with Crippen LogP contribution in [0, 0.1) is 0 Å². The minimum absolute atomic E-state index is 0.00614. The van der Waals surface area contributed by atoms with Crippen LogP contribution < -0.4 is 22.1 Å². The summed E-state index contributed by atoms with van der Waals surface area (Å²) in [5.74, 6) is -3.41. The summed E-state index contributed by atoms with van der Waals surface area (Å²) in [6.07, 6.45) is 3.01. The van der Waals surface area contributed by atoms with Gasteiger partial charge in [0.1, 0.15) is 6.04 Å². The smallest absolute Gasteiger partial charge is 0.336 e. The molecule has 0 aliphatic heterocycles. The lowest BCUT2D eigenvalue weighted by Gasteiger charge is -2.15. The normalized spacial score (nSPS) is 11.5. The molecule has 0 unspecified atom stereocenters. The molecule has 14 nitrogen and oxygen atoms in total. The average molecular weight is 573 g/mol. The fourth-order valence-corrected chi connectivity index (χ4v) is 4.17. The van der Waals surface area contributed by atoms with Crippen molar-refractivity contribution >= 4 is 46.7 Å². The minimum Gasteiger partial charge on any atom is -0.480 e. The summed E-state index contributed by atoms with van der Waals surface area (Å²) in [6.45, 7) is 0.0936. The number of nitrogens with two attached hydrogens (primary N) is 2. The van der Waals surface area contributed by atoms with Crippen molar-refractivity contribution in [3.8, 4) is 0 Å². The van der Waals surface area contributed by atoms with Crippen LogP contribution in [0.1, 0.15) is 55.2 Å². The lowest BCUT2D eigenvalue weighted by molar-refractivity contribution is -0.139. The highest BCUT2D eigenvalue weighted by Gasteiger charge is 2.21. The Balaban J connectivity index is 1.27. The molecule has 2 heterocycles. The molecule has 0 radical (unpaired) electrons. The molecule has 2 aromatic carbocycles. The predicted molar refractivity (Wildman–Crippen MR) is 152 cm³/mol. The summed E-state index contributed by atoms with van der Waals surface area (Å²) < 4.78 is 0. The van der Waals surface area contributed by atoms with Crippen molar-refractivity contribution < 1.29 is 29.4 Å². The van der Waals surface area contributed by atoms with Crippen molar-refractivity contribution in [1.82, 2.24) is 30.6 Å². The number of carboxylic acid groups (broad SMARTS) is 2. The summed E-state index contributed by atoms with van der Waals surface area (Å²) >= 11 is 0. The number of nitrogen functional groups attached to an aromatic ring is 2. The van der Waals surface area contributed by atoms with Crippen molar-refractivity contribution in [3.63, 3.8) is 0 Å². The highest BCUT2D eigenvalue weighted by Crippen LogP contribution is 2.16. The molecule has 216 valence electrons. The molecule has 0 saturated heterocycles. The van der Waals surface area contributed by atoms with Crippen LogP contribution in [0.5, 0.6) is 0 Å². The topological polar surface area (TPSA) is 236 Å². The maximum absolute atomic E-state index is 12.7. The third kappa shape index (κ3) is 7.29. The van der Waals surface area contributed by atoms with Gasteiger partial charge in [0.2, 0.25) is 5.95 Å². The number of aromatic carboxylic acids is 1. The zero-order valence-electron chi connectivity index (χ0n) is 22.3. The summed E-state index contributed by atoms with van der Waals surface area (Å²) in [4.78, 5) is 64.7. The Labute approximate surface area is 239 Å². The minimum atomic E-state index is -1.23. The van der Waals surface area contributed by atoms with Crippen LogP contribution in [-0.2, 0) is 17.6 Å². The molecule has 14 heteroatoms. The van der Waals surface area contributed by atoms with E-state index in [-0.39, 0.29) is 47.8 Å². The number of anilines is 2. The van der Waals surface area contributed by atoms with Crippen LogP contribution in [0.3, 0.4) is 0 Å². The van der Waals surface area contributed by atoms with Crippen molar-refractivity contribution in [1.29, 1.82) is 0 Å². The van der Waals surface area contributed by atoms with Gasteiger partial charge >= 0.3 is 11.9 Å². The maximum Gasteiger partial charge on any atom is 0.336 e. The van der Waals surface area contributed by atoms with Gasteiger partial charge in [0, 0.05) is 12.1 Å². The Kier molecular flexibility index (Phi) is 9.17. The lowest BCUT2D eigenvalue weighted by Crippen LogP contribution is -2.41. The number of nitrogens with one attached hydrogen (secondary N) is 2. The van der Waals surface area contributed by atoms with E-state index >= 15 is 0 Å². The van der Waals surface area contributed by atoms with E-state index in [2.05, 4.69) is 30.6 Å². The van der Waals surface area contributed by atoms with Crippen LogP contribution in [0.25, 0.3) is 11.2 Å². The molecule has 42 heavy (non-hydrogen) atoms. The quantitative estimate of drug-likeness (QED) is 0.132. The van der Waals surface area contributed by atoms with E-state index in [0.29, 0.717) is 29.7 Å². The third-order valence-corrected chi connectivity index (χ3v) is 6.35. The van der Waals surface area contributed by atoms with Gasteiger partial charge in [0.15, 0.2) is 17.0 Å². The van der Waals surface area contributed by atoms with E-state index in [0.717, 1.165) is 5.56 Å². The molecule has 0 saturated carbocycles. The standard InChI is InChI=1S/C28H28N8O6/c29-22-21-23(36-28(30)35-22)32-14-17(33-21)12-9-15-7-10-16(11-8-15)24(37)34-20(27(41)42)6-3-13-31-25(38)18-4-1-2-5-19(18)26(39)40/h1-2,4-5,7-8,10-11,14,20H,3,6,9,12-13H2,(H,31,38)(H,34,37)(H,39,40)(H,41,42)(H4,29,30,32,35,36)/t20-/m0/s1. The van der Waals surface area contributed by atoms with E-state index < -0.39 is 29.8 Å². The Hall–Kier alpha value is -5.66. The first-order valence-corrected chi connectivity index (χ1v) is 12.9. The van der Waals surface area contributed by atoms with Crippen LogP contribution in [0.4, 0.5) is 11.8 Å². The van der Waals surface area contributed by atoms with Gasteiger partial charge in [-0.2, -0.15) is 9.97 Å². The number of benzene rings is 2. The molecule has 0 aliphatic carbocycles. The number of nitrogens with zero attached hydrogens (tertiary/aromatic N) is 4. The number of hydrogen-bond donors (Lipinski definition) is 6. The molecule has 0 aliphatic rings. The number of fused-ring (bicyclic) bond motifs is 1. The molecule has 2 aromatic heterocycles. The number of carboxylic acids is 2. The van der Waals surface area contributed by atoms with Gasteiger partial charge in [-0.1, -0.05) is 24.3 Å². The first kappa shape index (κ1) is 29.3. The Morgan fingerprint density at radius 3 is 2.26 bits per heavy atom. The fourth-order valence-electron chi connectivity index (χ4n) is 4.17. The molecule has 1 atom stereocenters. The highest BCUT2D eigenvalue weighted by molar-refractivity contribution is 6.04. The van der Waals surface area contributed by atoms with Gasteiger partial charge in [0.25, 0.3) is 11.8 Å². The van der Waals surface area contributed by atoms with E-state index in [9.17, 15) is 29.4 Å². The summed E-state index contributed by atoms with van der Waals surface area (Å²) in [5, 5.41) is 23.9. The van der Waals surface area contributed by atoms with Crippen LogP contribution in [0.2, 0.25) is 0 Å². The number of rotatable bonds is 12. The summed E-state index contributed by atoms with van der Waals surface area (Å²) in [6, 6.07) is 11.3. The van der Waals surface area contributed by atoms with Gasteiger partial charge in [-0.15, -0.1) is 0 Å². The Bertz CT molecular complexity index is 1640. The molecular weight excluding hydrogens is 544 g/mol. The van der Waals surface area contributed by atoms with Gasteiger partial charge in [-0.25, -0.2) is 19.6 Å². The number of aromatic nitrogens is 4. The Morgan fingerprint density at radius 2 is 1.57 bits per heavy atom. The maximum atomic E-state index is 12.7. The fraction of sp³-hybridized carbons (Fsp3) is 0.214. The molecule has 4 aromatic rings. The van der Waals surface area contributed by atoms with Crippen molar-refractivity contribution in [3.05, 3.63) is 82.7 Å². The Morgan fingerprint density at radius 1 is 0.857 bits per heavy atom. The first-order valence-electron chi connectivity index (χ1n) is 12.9. The number of hydrogen-bond acceptors (Lipinski definition) is 10. The van der Waals surface area contributed by atoms with Crippen LogP contribution >= 0.6 is 0 Å². The third-order valence-electron chi connectivity index (χ3n) is 6.35. The molecule has 4 rings (SSSR count). The van der Waals surface area contributed by atoms with Crippen molar-refractivity contribution in [2.24, 2.45) is 0 Å². The van der Waals surface area contributed by atoms with Gasteiger partial charge in [0.05, 0.1) is 23.0 Å². The van der Waals surface area contributed by atoms with Gasteiger partial charge < -0.3 is 32.3 Å². The first-order chi connectivity index (χ1) is 20.1. The second kappa shape index (κ2) is 13.1. The number of aliphatic carboxylic acids is 1. The van der Waals surface area contributed by atoms with Gasteiger partial charge in [-0.3, -0.25) is 9.59 Å². The molecule has 0 fully saturated rings. The summed E-state index contributed by atoms with van der Waals surface area (Å²) in [5.41, 5.74) is 13.9. The largest absolute Gasteiger partial charge is 0.480 e. The molecule has 8 N–H and O–H groups in total. The predicted octanol–water partition coefficient (Wildman–Crippen LogP) is 1.46. The second-order valence-electron chi connectivity index (χ2n) is 9.31.